The normalized spacial score (nSPS) is 25.7. The van der Waals surface area contributed by atoms with Crippen molar-refractivity contribution in [3.05, 3.63) is 0 Å². The Kier molecular flexibility index (Phi) is 5.93. The zero-order valence-corrected chi connectivity index (χ0v) is 11.9. The molecule has 1 saturated heterocycles. The molecule has 106 valence electrons. The molecule has 1 aliphatic carbocycles. The SMILES string of the molecule is CCCN1CCC(NCC(O)C2CCCC2)CC1. The molecule has 0 aromatic heterocycles. The van der Waals surface area contributed by atoms with Gasteiger partial charge in [-0.15, -0.1) is 0 Å². The fraction of sp³-hybridized carbons (Fsp3) is 1.00. The Labute approximate surface area is 112 Å². The van der Waals surface area contributed by atoms with Crippen molar-refractivity contribution >= 4 is 0 Å². The van der Waals surface area contributed by atoms with Crippen LogP contribution in [0.25, 0.3) is 0 Å². The zero-order chi connectivity index (χ0) is 12.8. The van der Waals surface area contributed by atoms with E-state index in [-0.39, 0.29) is 6.10 Å². The molecule has 1 heterocycles. The van der Waals surface area contributed by atoms with Gasteiger partial charge in [-0.1, -0.05) is 19.8 Å². The van der Waals surface area contributed by atoms with Crippen molar-refractivity contribution in [3.8, 4) is 0 Å². The number of likely N-dealkylation sites (tertiary alicyclic amines) is 1. The quantitative estimate of drug-likeness (QED) is 0.761. The van der Waals surface area contributed by atoms with Crippen LogP contribution >= 0.6 is 0 Å². The number of nitrogens with one attached hydrogen (secondary N) is 1. The highest BCUT2D eigenvalue weighted by molar-refractivity contribution is 4.81. The smallest absolute Gasteiger partial charge is 0.0692 e. The van der Waals surface area contributed by atoms with E-state index < -0.39 is 0 Å². The third-order valence-corrected chi connectivity index (χ3v) is 4.69. The molecule has 3 nitrogen and oxygen atoms in total. The molecule has 3 heteroatoms. The van der Waals surface area contributed by atoms with Gasteiger partial charge in [-0.05, 0) is 57.7 Å². The summed E-state index contributed by atoms with van der Waals surface area (Å²) >= 11 is 0. The van der Waals surface area contributed by atoms with Crippen molar-refractivity contribution in [2.45, 2.75) is 64.0 Å². The monoisotopic (exact) mass is 254 g/mol. The lowest BCUT2D eigenvalue weighted by Gasteiger charge is -2.33. The third-order valence-electron chi connectivity index (χ3n) is 4.69. The van der Waals surface area contributed by atoms with Gasteiger partial charge >= 0.3 is 0 Å². The molecule has 0 aromatic carbocycles. The van der Waals surface area contributed by atoms with Crippen LogP contribution in [-0.2, 0) is 0 Å². The Bertz CT molecular complexity index is 221. The maximum atomic E-state index is 10.1. The van der Waals surface area contributed by atoms with Crippen LogP contribution in [0.5, 0.6) is 0 Å². The summed E-state index contributed by atoms with van der Waals surface area (Å²) in [5.74, 6) is 0.567. The molecule has 0 aromatic rings. The number of aliphatic hydroxyl groups excluding tert-OH is 1. The molecular weight excluding hydrogens is 224 g/mol. The fourth-order valence-electron chi connectivity index (χ4n) is 3.47. The second-order valence-electron chi connectivity index (χ2n) is 6.14. The van der Waals surface area contributed by atoms with E-state index in [1.165, 1.54) is 64.6 Å². The highest BCUT2D eigenvalue weighted by atomic mass is 16.3. The highest BCUT2D eigenvalue weighted by Crippen LogP contribution is 2.27. The van der Waals surface area contributed by atoms with Gasteiger partial charge in [0.15, 0.2) is 0 Å². The Morgan fingerprint density at radius 1 is 1.17 bits per heavy atom. The standard InChI is InChI=1S/C15H30N2O/c1-2-9-17-10-7-14(8-11-17)16-12-15(18)13-5-3-4-6-13/h13-16,18H,2-12H2,1H3. The number of rotatable bonds is 6. The molecule has 2 rings (SSSR count). The molecule has 1 saturated carbocycles. The van der Waals surface area contributed by atoms with Crippen molar-refractivity contribution in [2.24, 2.45) is 5.92 Å². The van der Waals surface area contributed by atoms with Crippen LogP contribution in [0.1, 0.15) is 51.9 Å². The molecule has 2 fully saturated rings. The Hall–Kier alpha value is -0.120. The molecule has 1 unspecified atom stereocenters. The van der Waals surface area contributed by atoms with Gasteiger partial charge in [-0.2, -0.15) is 0 Å². The molecule has 0 amide bonds. The van der Waals surface area contributed by atoms with E-state index in [2.05, 4.69) is 17.1 Å². The molecule has 0 spiro atoms. The van der Waals surface area contributed by atoms with Gasteiger partial charge in [0.05, 0.1) is 6.10 Å². The fourth-order valence-corrected chi connectivity index (χ4v) is 3.47. The number of aliphatic hydroxyl groups is 1. The number of hydrogen-bond donors (Lipinski definition) is 2. The van der Waals surface area contributed by atoms with Gasteiger partial charge in [0.2, 0.25) is 0 Å². The summed E-state index contributed by atoms with van der Waals surface area (Å²) in [5, 5.41) is 13.7. The van der Waals surface area contributed by atoms with Gasteiger partial charge in [0, 0.05) is 12.6 Å². The Morgan fingerprint density at radius 2 is 1.83 bits per heavy atom. The molecule has 1 aliphatic heterocycles. The van der Waals surface area contributed by atoms with Crippen molar-refractivity contribution in [1.29, 1.82) is 0 Å². The van der Waals surface area contributed by atoms with Gasteiger partial charge in [0.1, 0.15) is 0 Å². The average molecular weight is 254 g/mol. The summed E-state index contributed by atoms with van der Waals surface area (Å²) < 4.78 is 0. The Balaban J connectivity index is 1.59. The first-order valence-corrected chi connectivity index (χ1v) is 7.93. The van der Waals surface area contributed by atoms with E-state index >= 15 is 0 Å². The summed E-state index contributed by atoms with van der Waals surface area (Å²) in [4.78, 5) is 2.56. The van der Waals surface area contributed by atoms with Crippen LogP contribution in [0.2, 0.25) is 0 Å². The van der Waals surface area contributed by atoms with E-state index in [1.807, 2.05) is 0 Å². The molecule has 2 N–H and O–H groups in total. The van der Waals surface area contributed by atoms with Crippen molar-refractivity contribution < 1.29 is 5.11 Å². The maximum Gasteiger partial charge on any atom is 0.0692 e. The molecular formula is C15H30N2O. The summed E-state index contributed by atoms with van der Waals surface area (Å²) in [6.07, 6.45) is 8.75. The molecule has 0 bridgehead atoms. The lowest BCUT2D eigenvalue weighted by molar-refractivity contribution is 0.0998. The molecule has 2 aliphatic rings. The Morgan fingerprint density at radius 3 is 2.44 bits per heavy atom. The van der Waals surface area contributed by atoms with Gasteiger partial charge in [-0.3, -0.25) is 0 Å². The van der Waals surface area contributed by atoms with E-state index in [4.69, 9.17) is 0 Å². The summed E-state index contributed by atoms with van der Waals surface area (Å²) in [6, 6.07) is 0.633. The first kappa shape index (κ1) is 14.3. The maximum absolute atomic E-state index is 10.1. The van der Waals surface area contributed by atoms with Crippen LogP contribution in [0.4, 0.5) is 0 Å². The first-order valence-electron chi connectivity index (χ1n) is 7.93. The lowest BCUT2D eigenvalue weighted by Crippen LogP contribution is -2.45. The number of nitrogens with zero attached hydrogens (tertiary/aromatic N) is 1. The van der Waals surface area contributed by atoms with Crippen molar-refractivity contribution in [3.63, 3.8) is 0 Å². The van der Waals surface area contributed by atoms with Crippen molar-refractivity contribution in [1.82, 2.24) is 10.2 Å². The van der Waals surface area contributed by atoms with Gasteiger partial charge in [-0.25, -0.2) is 0 Å². The van der Waals surface area contributed by atoms with Crippen LogP contribution in [0, 0.1) is 5.92 Å². The van der Waals surface area contributed by atoms with E-state index in [9.17, 15) is 5.11 Å². The van der Waals surface area contributed by atoms with Gasteiger partial charge in [0.25, 0.3) is 0 Å². The minimum Gasteiger partial charge on any atom is -0.392 e. The second-order valence-corrected chi connectivity index (χ2v) is 6.14. The lowest BCUT2D eigenvalue weighted by atomic mass is 9.99. The van der Waals surface area contributed by atoms with E-state index in [0.29, 0.717) is 12.0 Å². The highest BCUT2D eigenvalue weighted by Gasteiger charge is 2.24. The zero-order valence-electron chi connectivity index (χ0n) is 11.9. The summed E-state index contributed by atoms with van der Waals surface area (Å²) in [5.41, 5.74) is 0. The van der Waals surface area contributed by atoms with Crippen LogP contribution in [-0.4, -0.2) is 48.3 Å². The predicted molar refractivity (Wildman–Crippen MR) is 75.7 cm³/mol. The predicted octanol–water partition coefficient (Wildman–Crippen LogP) is 2.00. The first-order chi connectivity index (χ1) is 8.79. The largest absolute Gasteiger partial charge is 0.392 e. The van der Waals surface area contributed by atoms with E-state index in [0.717, 1.165) is 6.54 Å². The van der Waals surface area contributed by atoms with Crippen LogP contribution in [0.15, 0.2) is 0 Å². The summed E-state index contributed by atoms with van der Waals surface area (Å²) in [6.45, 7) is 6.76. The molecule has 0 radical (unpaired) electrons. The van der Waals surface area contributed by atoms with Crippen molar-refractivity contribution in [2.75, 3.05) is 26.2 Å². The number of piperidine rings is 1. The van der Waals surface area contributed by atoms with Gasteiger partial charge < -0.3 is 15.3 Å². The van der Waals surface area contributed by atoms with Crippen LogP contribution in [0.3, 0.4) is 0 Å². The minimum atomic E-state index is -0.110. The molecule has 18 heavy (non-hydrogen) atoms. The third kappa shape index (κ3) is 4.22. The van der Waals surface area contributed by atoms with E-state index in [1.54, 1.807) is 0 Å². The van der Waals surface area contributed by atoms with Crippen LogP contribution < -0.4 is 5.32 Å². The topological polar surface area (TPSA) is 35.5 Å². The second kappa shape index (κ2) is 7.46. The summed E-state index contributed by atoms with van der Waals surface area (Å²) in [7, 11) is 0. The molecule has 1 atom stereocenters. The minimum absolute atomic E-state index is 0.110. The number of hydrogen-bond acceptors (Lipinski definition) is 3. The average Bonchev–Trinajstić information content (AvgIpc) is 2.92.